The summed E-state index contributed by atoms with van der Waals surface area (Å²) in [6.45, 7) is 7.63. The van der Waals surface area contributed by atoms with Crippen LogP contribution in [0.4, 0.5) is 0 Å². The first-order valence-electron chi connectivity index (χ1n) is 14.4. The van der Waals surface area contributed by atoms with Crippen molar-refractivity contribution >= 4 is 17.4 Å². The number of carbonyl (C=O) groups is 2. The second-order valence-electron chi connectivity index (χ2n) is 10.5. The highest BCUT2D eigenvalue weighted by Crippen LogP contribution is 2.33. The molecule has 1 aliphatic carbocycles. The van der Waals surface area contributed by atoms with E-state index in [2.05, 4.69) is 27.6 Å². The highest BCUT2D eigenvalue weighted by Gasteiger charge is 2.31. The van der Waals surface area contributed by atoms with Crippen LogP contribution in [0, 0.1) is 5.92 Å². The van der Waals surface area contributed by atoms with Gasteiger partial charge in [-0.05, 0) is 67.9 Å². The molecule has 2 aromatic rings. The van der Waals surface area contributed by atoms with Crippen LogP contribution in [0.3, 0.4) is 0 Å². The second-order valence-corrected chi connectivity index (χ2v) is 10.5. The summed E-state index contributed by atoms with van der Waals surface area (Å²) in [5, 5.41) is 16.2. The molecule has 0 radical (unpaired) electrons. The van der Waals surface area contributed by atoms with Crippen LogP contribution < -0.4 is 38.2 Å². The van der Waals surface area contributed by atoms with Gasteiger partial charge in [0.15, 0.2) is 0 Å². The predicted octanol–water partition coefficient (Wildman–Crippen LogP) is 1.47. The number of amides is 2. The van der Waals surface area contributed by atoms with Crippen molar-refractivity contribution in [3.05, 3.63) is 84.2 Å². The van der Waals surface area contributed by atoms with Crippen molar-refractivity contribution in [2.75, 3.05) is 26.2 Å². The lowest BCUT2D eigenvalue weighted by Gasteiger charge is -2.37. The Morgan fingerprint density at radius 2 is 1.91 bits per heavy atom. The molecular formula is C31H44N8O4. The topological polar surface area (TPSA) is 194 Å². The predicted molar refractivity (Wildman–Crippen MR) is 167 cm³/mol. The van der Waals surface area contributed by atoms with Crippen LogP contribution in [0.25, 0.3) is 5.57 Å². The summed E-state index contributed by atoms with van der Waals surface area (Å²) in [5.41, 5.74) is 10.6. The number of nitrogens with two attached hydrogens (primary N) is 3. The average molecular weight is 593 g/mol. The van der Waals surface area contributed by atoms with Gasteiger partial charge < -0.3 is 31.2 Å². The van der Waals surface area contributed by atoms with E-state index < -0.39 is 11.9 Å². The van der Waals surface area contributed by atoms with Gasteiger partial charge in [0.25, 0.3) is 5.91 Å². The number of aromatic nitrogens is 1. The summed E-state index contributed by atoms with van der Waals surface area (Å²) < 4.78 is 5.79. The standard InChI is InChI=1S/C31H44N8O4/c1-21(24-10-14-26(15-11-24)43-28-7-3-4-17-36-28)29(22(2)32)30(31(42)38-33)39(34)25-12-8-23(9-13-25)20-37-27(41)6-5-16-35-18-19-40/h3-7,10-11,14-15,17,22-23,25,35,40H,1,8-9,12-13,16,18-20,32-34H2,2H3,(H,37,41)(H,38,42)/b6-5+,30-29+. The largest absolute Gasteiger partial charge is 0.439 e. The molecule has 1 aromatic carbocycles. The average Bonchev–Trinajstić information content (AvgIpc) is 3.02. The van der Waals surface area contributed by atoms with Crippen molar-refractivity contribution in [3.63, 3.8) is 0 Å². The van der Waals surface area contributed by atoms with Crippen molar-refractivity contribution in [2.24, 2.45) is 23.3 Å². The summed E-state index contributed by atoms with van der Waals surface area (Å²) in [5.74, 6) is 12.9. The van der Waals surface area contributed by atoms with Gasteiger partial charge in [-0.3, -0.25) is 15.0 Å². The molecule has 1 saturated carbocycles. The minimum absolute atomic E-state index is 0.0515. The van der Waals surface area contributed by atoms with E-state index in [0.29, 0.717) is 48.3 Å². The van der Waals surface area contributed by atoms with E-state index in [1.165, 1.54) is 11.1 Å². The zero-order valence-corrected chi connectivity index (χ0v) is 24.7. The monoisotopic (exact) mass is 592 g/mol. The summed E-state index contributed by atoms with van der Waals surface area (Å²) in [6.07, 6.45) is 7.95. The Labute approximate surface area is 253 Å². The van der Waals surface area contributed by atoms with Gasteiger partial charge in [0.1, 0.15) is 11.4 Å². The third kappa shape index (κ3) is 10.0. The van der Waals surface area contributed by atoms with Crippen molar-refractivity contribution in [3.8, 4) is 11.6 Å². The van der Waals surface area contributed by atoms with Crippen LogP contribution in [0.2, 0.25) is 0 Å². The molecule has 0 bridgehead atoms. The number of hydrogen-bond acceptors (Lipinski definition) is 10. The van der Waals surface area contributed by atoms with Gasteiger partial charge >= 0.3 is 0 Å². The Morgan fingerprint density at radius 1 is 1.19 bits per heavy atom. The van der Waals surface area contributed by atoms with Gasteiger partial charge in [0.05, 0.1) is 6.61 Å². The third-order valence-electron chi connectivity index (χ3n) is 7.30. The molecule has 10 N–H and O–H groups in total. The third-order valence-corrected chi connectivity index (χ3v) is 7.30. The van der Waals surface area contributed by atoms with Gasteiger partial charge in [0.2, 0.25) is 11.8 Å². The highest BCUT2D eigenvalue weighted by molar-refractivity contribution is 5.98. The van der Waals surface area contributed by atoms with Gasteiger partial charge in [0, 0.05) is 55.6 Å². The second kappa shape index (κ2) is 17.1. The molecule has 1 atom stereocenters. The molecule has 232 valence electrons. The fraction of sp³-hybridized carbons (Fsp3) is 0.387. The first-order chi connectivity index (χ1) is 20.7. The fourth-order valence-electron chi connectivity index (χ4n) is 5.03. The van der Waals surface area contributed by atoms with E-state index >= 15 is 0 Å². The quantitative estimate of drug-likeness (QED) is 0.0397. The fourth-order valence-corrected chi connectivity index (χ4v) is 5.03. The number of rotatable bonds is 15. The van der Waals surface area contributed by atoms with Gasteiger partial charge in [-0.2, -0.15) is 0 Å². The molecule has 1 aromatic heterocycles. The summed E-state index contributed by atoms with van der Waals surface area (Å²) >= 11 is 0. The molecular weight excluding hydrogens is 548 g/mol. The van der Waals surface area contributed by atoms with Gasteiger partial charge in [-0.25, -0.2) is 16.7 Å². The highest BCUT2D eigenvalue weighted by atomic mass is 16.5. The maximum absolute atomic E-state index is 13.1. The van der Waals surface area contributed by atoms with E-state index in [-0.39, 0.29) is 24.3 Å². The molecule has 3 rings (SSSR count). The van der Waals surface area contributed by atoms with Crippen molar-refractivity contribution in [1.29, 1.82) is 0 Å². The minimum atomic E-state index is -0.575. The van der Waals surface area contributed by atoms with E-state index in [9.17, 15) is 9.59 Å². The molecule has 1 aliphatic rings. The van der Waals surface area contributed by atoms with Gasteiger partial charge in [-0.15, -0.1) is 0 Å². The molecule has 1 heterocycles. The summed E-state index contributed by atoms with van der Waals surface area (Å²) in [6, 6.07) is 12.0. The van der Waals surface area contributed by atoms with Crippen molar-refractivity contribution in [1.82, 2.24) is 26.1 Å². The molecule has 2 amide bonds. The van der Waals surface area contributed by atoms with E-state index in [0.717, 1.165) is 31.2 Å². The molecule has 12 heteroatoms. The Morgan fingerprint density at radius 3 is 2.51 bits per heavy atom. The lowest BCUT2D eigenvalue weighted by atomic mass is 9.85. The number of aliphatic hydroxyl groups excluding tert-OH is 1. The maximum Gasteiger partial charge on any atom is 0.283 e. The summed E-state index contributed by atoms with van der Waals surface area (Å²) in [7, 11) is 0. The summed E-state index contributed by atoms with van der Waals surface area (Å²) in [4.78, 5) is 29.4. The molecule has 1 unspecified atom stereocenters. The van der Waals surface area contributed by atoms with Crippen LogP contribution in [-0.4, -0.2) is 65.2 Å². The van der Waals surface area contributed by atoms with Gasteiger partial charge in [-0.1, -0.05) is 30.9 Å². The zero-order valence-electron chi connectivity index (χ0n) is 24.7. The first-order valence-corrected chi connectivity index (χ1v) is 14.4. The minimum Gasteiger partial charge on any atom is -0.439 e. The number of hydrogen-bond donors (Lipinski definition) is 7. The molecule has 1 fully saturated rings. The number of nitrogens with one attached hydrogen (secondary N) is 3. The number of benzene rings is 1. The number of hydrazine groups is 2. The number of aliphatic hydroxyl groups is 1. The Kier molecular flexibility index (Phi) is 13.3. The number of pyridine rings is 1. The van der Waals surface area contributed by atoms with Crippen molar-refractivity contribution < 1.29 is 19.4 Å². The Bertz CT molecular complexity index is 1260. The lowest BCUT2D eigenvalue weighted by Crippen LogP contribution is -2.50. The lowest BCUT2D eigenvalue weighted by molar-refractivity contribution is -0.120. The van der Waals surface area contributed by atoms with Crippen LogP contribution in [0.5, 0.6) is 11.6 Å². The molecule has 43 heavy (non-hydrogen) atoms. The van der Waals surface area contributed by atoms with Crippen LogP contribution in [0.1, 0.15) is 38.2 Å². The molecule has 0 saturated heterocycles. The first kappa shape index (κ1) is 33.4. The number of ether oxygens (including phenoxy) is 1. The number of carbonyl (C=O) groups excluding carboxylic acids is 2. The smallest absolute Gasteiger partial charge is 0.283 e. The van der Waals surface area contributed by atoms with E-state index in [1.54, 1.807) is 37.4 Å². The normalized spacial score (nSPS) is 18.0. The molecule has 0 spiro atoms. The number of nitrogens with zero attached hydrogens (tertiary/aromatic N) is 2. The van der Waals surface area contributed by atoms with Crippen LogP contribution in [0.15, 0.2) is 78.7 Å². The van der Waals surface area contributed by atoms with Crippen LogP contribution >= 0.6 is 0 Å². The van der Waals surface area contributed by atoms with E-state index in [1.807, 2.05) is 24.3 Å². The molecule has 0 aliphatic heterocycles. The Hall–Kier alpha value is -4.07. The molecule has 12 nitrogen and oxygen atoms in total. The van der Waals surface area contributed by atoms with Crippen LogP contribution in [-0.2, 0) is 9.59 Å². The van der Waals surface area contributed by atoms with E-state index in [4.69, 9.17) is 27.3 Å². The SMILES string of the molecule is C=C(/C(=C(/C(=O)NN)N(N)C1CCC(CNC(=O)/C=C/CNCCO)CC1)C(C)N)c1ccc(Oc2ccccn2)cc1. The Balaban J connectivity index is 1.68. The zero-order chi connectivity index (χ0) is 31.2. The maximum atomic E-state index is 13.1. The van der Waals surface area contributed by atoms with Crippen molar-refractivity contribution in [2.45, 2.75) is 44.7 Å².